The van der Waals surface area contributed by atoms with Crippen LogP contribution in [-0.2, 0) is 0 Å². The van der Waals surface area contributed by atoms with E-state index >= 15 is 0 Å². The third kappa shape index (κ3) is 4.31. The Balaban J connectivity index is 2.14. The first-order chi connectivity index (χ1) is 9.72. The van der Waals surface area contributed by atoms with Crippen molar-refractivity contribution in [2.75, 3.05) is 40.3 Å². The lowest BCUT2D eigenvalue weighted by molar-refractivity contribution is 0.190. The monoisotopic (exact) mass is 279 g/mol. The highest BCUT2D eigenvalue weighted by atomic mass is 15.2. The van der Waals surface area contributed by atoms with Gasteiger partial charge in [0.05, 0.1) is 0 Å². The Morgan fingerprint density at radius 3 is 2.85 bits per heavy atom. The SMILES string of the molecule is CCNC(C1=CCCCCC1)C1CN(C)CCCN1C. The Hall–Kier alpha value is -0.380. The molecule has 1 fully saturated rings. The molecule has 1 aliphatic heterocycles. The fraction of sp³-hybridized carbons (Fsp3) is 0.882. The highest BCUT2D eigenvalue weighted by Crippen LogP contribution is 2.24. The second-order valence-corrected chi connectivity index (χ2v) is 6.58. The van der Waals surface area contributed by atoms with Crippen LogP contribution >= 0.6 is 0 Å². The highest BCUT2D eigenvalue weighted by Gasteiger charge is 2.30. The molecule has 3 nitrogen and oxygen atoms in total. The van der Waals surface area contributed by atoms with Crippen LogP contribution in [-0.4, -0.2) is 62.2 Å². The number of likely N-dealkylation sites (N-methyl/N-ethyl adjacent to an activating group) is 3. The summed E-state index contributed by atoms with van der Waals surface area (Å²) in [5, 5.41) is 3.79. The molecule has 1 aliphatic carbocycles. The van der Waals surface area contributed by atoms with Crippen molar-refractivity contribution in [3.8, 4) is 0 Å². The maximum Gasteiger partial charge on any atom is 0.0449 e. The zero-order valence-corrected chi connectivity index (χ0v) is 13.7. The Morgan fingerprint density at radius 1 is 1.20 bits per heavy atom. The molecule has 0 aromatic rings. The summed E-state index contributed by atoms with van der Waals surface area (Å²) in [7, 11) is 4.59. The number of allylic oxidation sites excluding steroid dienone is 1. The van der Waals surface area contributed by atoms with Crippen molar-refractivity contribution in [3.05, 3.63) is 11.6 Å². The molecular formula is C17H33N3. The number of rotatable bonds is 4. The van der Waals surface area contributed by atoms with E-state index in [9.17, 15) is 0 Å². The lowest BCUT2D eigenvalue weighted by atomic mass is 9.94. The van der Waals surface area contributed by atoms with Gasteiger partial charge in [0.2, 0.25) is 0 Å². The summed E-state index contributed by atoms with van der Waals surface area (Å²) in [6.07, 6.45) is 10.6. The minimum Gasteiger partial charge on any atom is -0.309 e. The van der Waals surface area contributed by atoms with Crippen LogP contribution < -0.4 is 5.32 Å². The molecule has 1 N–H and O–H groups in total. The summed E-state index contributed by atoms with van der Waals surface area (Å²) >= 11 is 0. The summed E-state index contributed by atoms with van der Waals surface area (Å²) in [6.45, 7) is 6.95. The number of hydrogen-bond acceptors (Lipinski definition) is 3. The molecular weight excluding hydrogens is 246 g/mol. The molecule has 0 bridgehead atoms. The molecule has 1 heterocycles. The van der Waals surface area contributed by atoms with Crippen LogP contribution in [0, 0.1) is 0 Å². The van der Waals surface area contributed by atoms with Crippen molar-refractivity contribution in [1.29, 1.82) is 0 Å². The van der Waals surface area contributed by atoms with Crippen LogP contribution in [0.2, 0.25) is 0 Å². The van der Waals surface area contributed by atoms with Gasteiger partial charge < -0.3 is 15.1 Å². The fourth-order valence-corrected chi connectivity index (χ4v) is 3.72. The van der Waals surface area contributed by atoms with Gasteiger partial charge in [0.1, 0.15) is 0 Å². The van der Waals surface area contributed by atoms with E-state index in [0.29, 0.717) is 12.1 Å². The first-order valence-electron chi connectivity index (χ1n) is 8.53. The zero-order chi connectivity index (χ0) is 14.4. The summed E-state index contributed by atoms with van der Waals surface area (Å²) in [5.74, 6) is 0. The minimum atomic E-state index is 0.545. The Morgan fingerprint density at radius 2 is 2.05 bits per heavy atom. The normalized spacial score (nSPS) is 28.6. The lowest BCUT2D eigenvalue weighted by Gasteiger charge is -2.36. The summed E-state index contributed by atoms with van der Waals surface area (Å²) in [5.41, 5.74) is 1.68. The van der Waals surface area contributed by atoms with Gasteiger partial charge in [-0.3, -0.25) is 0 Å². The quantitative estimate of drug-likeness (QED) is 0.798. The van der Waals surface area contributed by atoms with Crippen LogP contribution in [0.4, 0.5) is 0 Å². The largest absolute Gasteiger partial charge is 0.309 e. The molecule has 2 atom stereocenters. The zero-order valence-electron chi connectivity index (χ0n) is 13.7. The molecule has 2 rings (SSSR count). The van der Waals surface area contributed by atoms with Gasteiger partial charge in [0, 0.05) is 18.6 Å². The van der Waals surface area contributed by atoms with Gasteiger partial charge in [-0.2, -0.15) is 0 Å². The standard InChI is InChI=1S/C17H33N3/c1-4-18-17(15-10-7-5-6-8-11-15)16-14-19(2)12-9-13-20(16)3/h10,16-18H,4-9,11-14H2,1-3H3. The summed E-state index contributed by atoms with van der Waals surface area (Å²) in [6, 6.07) is 1.16. The minimum absolute atomic E-state index is 0.545. The molecule has 1 saturated heterocycles. The van der Waals surface area contributed by atoms with Gasteiger partial charge in [-0.1, -0.05) is 25.0 Å². The molecule has 0 radical (unpaired) electrons. The third-order valence-corrected chi connectivity index (χ3v) is 4.90. The average molecular weight is 279 g/mol. The van der Waals surface area contributed by atoms with E-state index in [1.54, 1.807) is 5.57 Å². The predicted octanol–water partition coefficient (Wildman–Crippen LogP) is 2.49. The topological polar surface area (TPSA) is 18.5 Å². The van der Waals surface area contributed by atoms with Gasteiger partial charge in [-0.05, 0) is 65.8 Å². The Bertz CT molecular complexity index is 313. The van der Waals surface area contributed by atoms with E-state index in [2.05, 4.69) is 42.2 Å². The molecule has 2 unspecified atom stereocenters. The van der Waals surface area contributed by atoms with Gasteiger partial charge >= 0.3 is 0 Å². The van der Waals surface area contributed by atoms with Crippen molar-refractivity contribution in [1.82, 2.24) is 15.1 Å². The van der Waals surface area contributed by atoms with E-state index in [0.717, 1.165) is 6.54 Å². The van der Waals surface area contributed by atoms with Crippen molar-refractivity contribution in [2.24, 2.45) is 0 Å². The smallest absolute Gasteiger partial charge is 0.0449 e. The van der Waals surface area contributed by atoms with Crippen molar-refractivity contribution < 1.29 is 0 Å². The van der Waals surface area contributed by atoms with Crippen molar-refractivity contribution in [3.63, 3.8) is 0 Å². The third-order valence-electron chi connectivity index (χ3n) is 4.90. The fourth-order valence-electron chi connectivity index (χ4n) is 3.72. The van der Waals surface area contributed by atoms with E-state index < -0.39 is 0 Å². The van der Waals surface area contributed by atoms with Gasteiger partial charge in [-0.25, -0.2) is 0 Å². The average Bonchev–Trinajstić information content (AvgIpc) is 2.78. The van der Waals surface area contributed by atoms with Crippen molar-refractivity contribution >= 4 is 0 Å². The molecule has 0 saturated carbocycles. The van der Waals surface area contributed by atoms with Gasteiger partial charge in [0.15, 0.2) is 0 Å². The summed E-state index contributed by atoms with van der Waals surface area (Å²) in [4.78, 5) is 5.10. The van der Waals surface area contributed by atoms with Crippen molar-refractivity contribution in [2.45, 2.75) is 57.5 Å². The first-order valence-corrected chi connectivity index (χ1v) is 8.53. The second kappa shape index (κ2) is 8.16. The molecule has 20 heavy (non-hydrogen) atoms. The number of nitrogens with one attached hydrogen (secondary N) is 1. The predicted molar refractivity (Wildman–Crippen MR) is 87.2 cm³/mol. The number of nitrogens with zero attached hydrogens (tertiary/aromatic N) is 2. The Kier molecular flexibility index (Phi) is 6.53. The van der Waals surface area contributed by atoms with Crippen LogP contribution in [0.1, 0.15) is 45.4 Å². The van der Waals surface area contributed by atoms with E-state index in [1.165, 1.54) is 58.2 Å². The second-order valence-electron chi connectivity index (χ2n) is 6.58. The molecule has 2 aliphatic rings. The van der Waals surface area contributed by atoms with Crippen LogP contribution in [0.3, 0.4) is 0 Å². The summed E-state index contributed by atoms with van der Waals surface area (Å²) < 4.78 is 0. The molecule has 0 spiro atoms. The van der Waals surface area contributed by atoms with Crippen LogP contribution in [0.25, 0.3) is 0 Å². The van der Waals surface area contributed by atoms with Gasteiger partial charge in [-0.15, -0.1) is 0 Å². The first kappa shape index (κ1) is 16.0. The maximum atomic E-state index is 3.79. The molecule has 3 heteroatoms. The molecule has 0 amide bonds. The van der Waals surface area contributed by atoms with Crippen LogP contribution in [0.5, 0.6) is 0 Å². The molecule has 0 aromatic carbocycles. The maximum absolute atomic E-state index is 3.79. The molecule has 116 valence electrons. The highest BCUT2D eigenvalue weighted by molar-refractivity contribution is 5.16. The Labute approximate surface area is 125 Å². The van der Waals surface area contributed by atoms with Crippen LogP contribution in [0.15, 0.2) is 11.6 Å². The van der Waals surface area contributed by atoms with Gasteiger partial charge in [0.25, 0.3) is 0 Å². The number of hydrogen-bond donors (Lipinski definition) is 1. The van der Waals surface area contributed by atoms with E-state index in [1.807, 2.05) is 0 Å². The van der Waals surface area contributed by atoms with E-state index in [-0.39, 0.29) is 0 Å². The van der Waals surface area contributed by atoms with E-state index in [4.69, 9.17) is 0 Å². The lowest BCUT2D eigenvalue weighted by Crippen LogP contribution is -2.53. The molecule has 0 aromatic heterocycles.